The van der Waals surface area contributed by atoms with E-state index in [0.29, 0.717) is 19.6 Å². The van der Waals surface area contributed by atoms with Gasteiger partial charge in [0.2, 0.25) is 5.91 Å². The maximum Gasteiger partial charge on any atom is 0.220 e. The Labute approximate surface area is 150 Å². The molecule has 0 saturated carbocycles. The number of amides is 1. The molecule has 1 aromatic rings. The van der Waals surface area contributed by atoms with Crippen molar-refractivity contribution in [3.05, 3.63) is 11.9 Å². The van der Waals surface area contributed by atoms with Crippen LogP contribution in [-0.2, 0) is 22.7 Å². The van der Waals surface area contributed by atoms with Crippen LogP contribution in [0.4, 0.5) is 0 Å². The summed E-state index contributed by atoms with van der Waals surface area (Å²) >= 11 is 1.81. The number of hydrogen-bond acceptors (Lipinski definition) is 5. The van der Waals surface area contributed by atoms with Crippen LogP contribution in [0, 0.1) is 0 Å². The highest BCUT2D eigenvalue weighted by Crippen LogP contribution is 2.23. The molecule has 0 aliphatic rings. The summed E-state index contributed by atoms with van der Waals surface area (Å²) in [7, 11) is 0. The van der Waals surface area contributed by atoms with E-state index in [1.165, 1.54) is 0 Å². The lowest BCUT2D eigenvalue weighted by Gasteiger charge is -2.18. The molecular weight excluding hydrogens is 324 g/mol. The summed E-state index contributed by atoms with van der Waals surface area (Å²) in [4.78, 5) is 11.7. The molecule has 24 heavy (non-hydrogen) atoms. The molecule has 1 aromatic heterocycles. The molecular formula is C17H32N4O2S. The van der Waals surface area contributed by atoms with Gasteiger partial charge < -0.3 is 10.1 Å². The van der Waals surface area contributed by atoms with Gasteiger partial charge in [0.15, 0.2) is 0 Å². The van der Waals surface area contributed by atoms with Crippen molar-refractivity contribution < 1.29 is 9.53 Å². The number of hydrogen-bond donors (Lipinski definition) is 1. The lowest BCUT2D eigenvalue weighted by molar-refractivity contribution is -0.120. The molecule has 6 nitrogen and oxygen atoms in total. The average molecular weight is 357 g/mol. The first-order valence-corrected chi connectivity index (χ1v) is 9.47. The number of aromatic nitrogens is 3. The van der Waals surface area contributed by atoms with Crippen LogP contribution in [0.15, 0.2) is 6.20 Å². The Hall–Kier alpha value is -1.08. The summed E-state index contributed by atoms with van der Waals surface area (Å²) in [5.74, 6) is 0.972. The molecule has 0 radical (unpaired) electrons. The molecule has 0 bridgehead atoms. The number of carbonyl (C=O) groups excluding carboxylic acids is 1. The predicted octanol–water partition coefficient (Wildman–Crippen LogP) is 3.02. The topological polar surface area (TPSA) is 69.0 Å². The molecule has 1 N–H and O–H groups in total. The van der Waals surface area contributed by atoms with Crippen LogP contribution in [0.2, 0.25) is 0 Å². The lowest BCUT2D eigenvalue weighted by atomic mass is 10.2. The van der Waals surface area contributed by atoms with E-state index in [1.54, 1.807) is 4.68 Å². The molecule has 1 heterocycles. The molecule has 0 spiro atoms. The number of thioether (sulfide) groups is 1. The van der Waals surface area contributed by atoms with Crippen molar-refractivity contribution in [3.8, 4) is 0 Å². The highest BCUT2D eigenvalue weighted by molar-refractivity contribution is 8.00. The first kappa shape index (κ1) is 21.0. The minimum atomic E-state index is -0.181. The van der Waals surface area contributed by atoms with Crippen molar-refractivity contribution in [1.82, 2.24) is 20.3 Å². The zero-order valence-electron chi connectivity index (χ0n) is 15.9. The molecule has 138 valence electrons. The van der Waals surface area contributed by atoms with E-state index >= 15 is 0 Å². The van der Waals surface area contributed by atoms with Gasteiger partial charge in [-0.25, -0.2) is 0 Å². The van der Waals surface area contributed by atoms with Gasteiger partial charge in [-0.3, -0.25) is 9.48 Å². The van der Waals surface area contributed by atoms with E-state index in [4.69, 9.17) is 4.74 Å². The maximum atomic E-state index is 11.7. The fraction of sp³-hybridized carbons (Fsp3) is 0.824. The van der Waals surface area contributed by atoms with Crippen molar-refractivity contribution in [1.29, 1.82) is 0 Å². The Morgan fingerprint density at radius 1 is 1.29 bits per heavy atom. The van der Waals surface area contributed by atoms with Gasteiger partial charge in [0, 0.05) is 30.0 Å². The van der Waals surface area contributed by atoms with Crippen molar-refractivity contribution in [3.63, 3.8) is 0 Å². The van der Waals surface area contributed by atoms with Gasteiger partial charge in [-0.05, 0) is 27.2 Å². The second-order valence-electron chi connectivity index (χ2n) is 7.79. The molecule has 0 aliphatic heterocycles. The number of nitrogens with one attached hydrogen (secondary N) is 1. The second kappa shape index (κ2) is 9.42. The van der Waals surface area contributed by atoms with Gasteiger partial charge in [0.05, 0.1) is 18.4 Å². The fourth-order valence-corrected chi connectivity index (χ4v) is 2.71. The van der Waals surface area contributed by atoms with E-state index in [0.717, 1.165) is 24.4 Å². The molecule has 0 fully saturated rings. The average Bonchev–Trinajstić information content (AvgIpc) is 2.87. The Morgan fingerprint density at radius 3 is 2.62 bits per heavy atom. The minimum absolute atomic E-state index is 0.115. The molecule has 0 atom stereocenters. The molecule has 7 heteroatoms. The quantitative estimate of drug-likeness (QED) is 0.689. The first-order valence-electron chi connectivity index (χ1n) is 8.49. The molecule has 1 amide bonds. The van der Waals surface area contributed by atoms with Gasteiger partial charge >= 0.3 is 0 Å². The zero-order valence-corrected chi connectivity index (χ0v) is 16.7. The Balaban J connectivity index is 2.15. The first-order chi connectivity index (χ1) is 11.1. The summed E-state index contributed by atoms with van der Waals surface area (Å²) in [6.07, 6.45) is 3.30. The van der Waals surface area contributed by atoms with Crippen LogP contribution < -0.4 is 5.32 Å². The van der Waals surface area contributed by atoms with Crippen LogP contribution in [0.3, 0.4) is 0 Å². The molecule has 0 unspecified atom stereocenters. The van der Waals surface area contributed by atoms with Crippen molar-refractivity contribution in [2.75, 3.05) is 12.3 Å². The minimum Gasteiger partial charge on any atom is -0.369 e. The lowest BCUT2D eigenvalue weighted by Crippen LogP contribution is -2.26. The number of ether oxygens (including phenoxy) is 1. The summed E-state index contributed by atoms with van der Waals surface area (Å²) in [6, 6.07) is 0. The van der Waals surface area contributed by atoms with E-state index in [-0.39, 0.29) is 16.3 Å². The SMILES string of the molecule is CC(C)(C)OCc1cn(CCCNC(=O)CCSC(C)(C)C)nn1. The van der Waals surface area contributed by atoms with E-state index < -0.39 is 0 Å². The van der Waals surface area contributed by atoms with Gasteiger partial charge in [-0.2, -0.15) is 11.8 Å². The highest BCUT2D eigenvalue weighted by Gasteiger charge is 2.12. The van der Waals surface area contributed by atoms with E-state index in [2.05, 4.69) is 36.4 Å². The third-order valence-corrected chi connectivity index (χ3v) is 4.26. The van der Waals surface area contributed by atoms with Crippen LogP contribution in [0.25, 0.3) is 0 Å². The molecule has 0 saturated heterocycles. The largest absolute Gasteiger partial charge is 0.369 e. The second-order valence-corrected chi connectivity index (χ2v) is 9.71. The number of rotatable bonds is 9. The summed E-state index contributed by atoms with van der Waals surface area (Å²) in [5, 5.41) is 11.1. The Kier molecular flexibility index (Phi) is 8.22. The molecule has 0 aliphatic carbocycles. The van der Waals surface area contributed by atoms with Crippen molar-refractivity contribution in [2.45, 2.75) is 77.9 Å². The molecule has 0 aromatic carbocycles. The number of nitrogens with zero attached hydrogens (tertiary/aromatic N) is 3. The summed E-state index contributed by atoms with van der Waals surface area (Å²) in [6.45, 7) is 14.4. The predicted molar refractivity (Wildman–Crippen MR) is 99.0 cm³/mol. The smallest absolute Gasteiger partial charge is 0.220 e. The van der Waals surface area contributed by atoms with Crippen LogP contribution >= 0.6 is 11.8 Å². The van der Waals surface area contributed by atoms with E-state index in [1.807, 2.05) is 38.7 Å². The standard InChI is InChI=1S/C17H32N4O2S/c1-16(2,3)23-13-14-12-21(20-19-14)10-7-9-18-15(22)8-11-24-17(4,5)6/h12H,7-11,13H2,1-6H3,(H,18,22). The maximum absolute atomic E-state index is 11.7. The monoisotopic (exact) mass is 356 g/mol. The van der Waals surface area contributed by atoms with Gasteiger partial charge in [-0.15, -0.1) is 5.10 Å². The Morgan fingerprint density at radius 2 is 2.00 bits per heavy atom. The normalized spacial score (nSPS) is 12.4. The van der Waals surface area contributed by atoms with Gasteiger partial charge in [-0.1, -0.05) is 26.0 Å². The fourth-order valence-electron chi connectivity index (χ4n) is 1.81. The van der Waals surface area contributed by atoms with Gasteiger partial charge in [0.25, 0.3) is 0 Å². The number of aryl methyl sites for hydroxylation is 1. The van der Waals surface area contributed by atoms with Crippen molar-refractivity contribution >= 4 is 17.7 Å². The third-order valence-electron chi connectivity index (χ3n) is 2.99. The van der Waals surface area contributed by atoms with E-state index in [9.17, 15) is 4.79 Å². The van der Waals surface area contributed by atoms with Crippen molar-refractivity contribution in [2.24, 2.45) is 0 Å². The Bertz CT molecular complexity index is 503. The van der Waals surface area contributed by atoms with Crippen LogP contribution in [-0.4, -0.2) is 43.5 Å². The van der Waals surface area contributed by atoms with Gasteiger partial charge in [0.1, 0.15) is 5.69 Å². The summed E-state index contributed by atoms with van der Waals surface area (Å²) < 4.78 is 7.68. The highest BCUT2D eigenvalue weighted by atomic mass is 32.2. The van der Waals surface area contributed by atoms with Crippen LogP contribution in [0.5, 0.6) is 0 Å². The van der Waals surface area contributed by atoms with Crippen LogP contribution in [0.1, 0.15) is 60.1 Å². The zero-order chi connectivity index (χ0) is 18.2. The third kappa shape index (κ3) is 10.6. The summed E-state index contributed by atoms with van der Waals surface area (Å²) in [5.41, 5.74) is 0.646. The molecule has 1 rings (SSSR count). The number of carbonyl (C=O) groups is 1.